The van der Waals surface area contributed by atoms with E-state index in [9.17, 15) is 4.79 Å². The Labute approximate surface area is 126 Å². The summed E-state index contributed by atoms with van der Waals surface area (Å²) in [5, 5.41) is 11.6. The standard InChI is InChI=1S/C16H25N3O2/c1-11(2)10-19(6-5-15(17)18-21)16(20)14-8-12(3)7-13(4)9-14/h7-9,11,21H,5-6,10H2,1-4H3,(H2,17,18). The lowest BCUT2D eigenvalue weighted by Gasteiger charge is -2.25. The van der Waals surface area contributed by atoms with Crippen LogP contribution < -0.4 is 5.73 Å². The highest BCUT2D eigenvalue weighted by Crippen LogP contribution is 2.13. The average Bonchev–Trinajstić information content (AvgIpc) is 2.40. The van der Waals surface area contributed by atoms with Crippen LogP contribution in [0.5, 0.6) is 0 Å². The number of nitrogens with zero attached hydrogens (tertiary/aromatic N) is 2. The molecule has 21 heavy (non-hydrogen) atoms. The first-order chi connectivity index (χ1) is 9.83. The molecule has 5 nitrogen and oxygen atoms in total. The van der Waals surface area contributed by atoms with E-state index in [1.807, 2.05) is 32.0 Å². The summed E-state index contributed by atoms with van der Waals surface area (Å²) in [7, 11) is 0. The molecule has 0 unspecified atom stereocenters. The number of aryl methyl sites for hydroxylation is 2. The fourth-order valence-corrected chi connectivity index (χ4v) is 2.30. The Bertz CT molecular complexity index is 504. The van der Waals surface area contributed by atoms with Crippen molar-refractivity contribution in [2.45, 2.75) is 34.1 Å². The first-order valence-corrected chi connectivity index (χ1v) is 7.17. The summed E-state index contributed by atoms with van der Waals surface area (Å²) in [6, 6.07) is 5.83. The van der Waals surface area contributed by atoms with Crippen LogP contribution in [0, 0.1) is 19.8 Å². The van der Waals surface area contributed by atoms with Crippen molar-refractivity contribution >= 4 is 11.7 Å². The number of benzene rings is 1. The maximum absolute atomic E-state index is 12.7. The summed E-state index contributed by atoms with van der Waals surface area (Å²) in [5.74, 6) is 0.477. The van der Waals surface area contributed by atoms with Gasteiger partial charge in [0.1, 0.15) is 5.84 Å². The van der Waals surface area contributed by atoms with Gasteiger partial charge < -0.3 is 15.8 Å². The van der Waals surface area contributed by atoms with Gasteiger partial charge in [0.05, 0.1) is 0 Å². The Hall–Kier alpha value is -2.04. The van der Waals surface area contributed by atoms with Crippen LogP contribution >= 0.6 is 0 Å². The van der Waals surface area contributed by atoms with Crippen LogP contribution in [-0.2, 0) is 0 Å². The van der Waals surface area contributed by atoms with E-state index in [1.165, 1.54) is 0 Å². The van der Waals surface area contributed by atoms with Gasteiger partial charge in [-0.3, -0.25) is 4.79 Å². The second-order valence-corrected chi connectivity index (χ2v) is 5.86. The Kier molecular flexibility index (Phi) is 6.21. The molecule has 1 aromatic carbocycles. The normalized spacial score (nSPS) is 11.8. The van der Waals surface area contributed by atoms with Crippen molar-refractivity contribution in [3.05, 3.63) is 34.9 Å². The van der Waals surface area contributed by atoms with Crippen LogP contribution in [0.15, 0.2) is 23.4 Å². The fourth-order valence-electron chi connectivity index (χ4n) is 2.30. The molecular formula is C16H25N3O2. The molecule has 1 amide bonds. The zero-order valence-corrected chi connectivity index (χ0v) is 13.3. The Morgan fingerprint density at radius 3 is 2.33 bits per heavy atom. The molecular weight excluding hydrogens is 266 g/mol. The Morgan fingerprint density at radius 2 is 1.86 bits per heavy atom. The molecule has 0 fully saturated rings. The van der Waals surface area contributed by atoms with Crippen molar-refractivity contribution < 1.29 is 10.0 Å². The van der Waals surface area contributed by atoms with E-state index in [1.54, 1.807) is 4.90 Å². The number of amides is 1. The molecule has 5 heteroatoms. The van der Waals surface area contributed by atoms with E-state index in [0.717, 1.165) is 11.1 Å². The number of rotatable bonds is 6. The average molecular weight is 291 g/mol. The van der Waals surface area contributed by atoms with Gasteiger partial charge in [0.25, 0.3) is 5.91 Å². The van der Waals surface area contributed by atoms with Gasteiger partial charge in [-0.15, -0.1) is 0 Å². The second-order valence-electron chi connectivity index (χ2n) is 5.86. The molecule has 0 aromatic heterocycles. The minimum atomic E-state index is -0.0127. The smallest absolute Gasteiger partial charge is 0.253 e. The number of nitrogens with two attached hydrogens (primary N) is 1. The molecule has 0 saturated carbocycles. The van der Waals surface area contributed by atoms with E-state index < -0.39 is 0 Å². The number of hydrogen-bond acceptors (Lipinski definition) is 3. The van der Waals surface area contributed by atoms with Gasteiger partial charge in [-0.2, -0.15) is 0 Å². The van der Waals surface area contributed by atoms with E-state index in [-0.39, 0.29) is 11.7 Å². The molecule has 0 saturated heterocycles. The quantitative estimate of drug-likeness (QED) is 0.366. The maximum Gasteiger partial charge on any atom is 0.253 e. The number of oxime groups is 1. The largest absolute Gasteiger partial charge is 0.409 e. The molecule has 0 spiro atoms. The van der Waals surface area contributed by atoms with Crippen molar-refractivity contribution in [1.82, 2.24) is 4.90 Å². The minimum absolute atomic E-state index is 0.0127. The van der Waals surface area contributed by atoms with Gasteiger partial charge in [-0.25, -0.2) is 0 Å². The molecule has 1 rings (SSSR count). The van der Waals surface area contributed by atoms with Gasteiger partial charge in [0, 0.05) is 25.1 Å². The number of amidine groups is 1. The van der Waals surface area contributed by atoms with Crippen molar-refractivity contribution in [3.8, 4) is 0 Å². The van der Waals surface area contributed by atoms with Gasteiger partial charge in [0.15, 0.2) is 0 Å². The minimum Gasteiger partial charge on any atom is -0.409 e. The lowest BCUT2D eigenvalue weighted by molar-refractivity contribution is 0.0740. The summed E-state index contributed by atoms with van der Waals surface area (Å²) < 4.78 is 0. The highest BCUT2D eigenvalue weighted by atomic mass is 16.4. The first-order valence-electron chi connectivity index (χ1n) is 7.17. The monoisotopic (exact) mass is 291 g/mol. The highest BCUT2D eigenvalue weighted by Gasteiger charge is 2.17. The SMILES string of the molecule is Cc1cc(C)cc(C(=O)N(CCC(N)=NO)CC(C)C)c1. The third kappa shape index (κ3) is 5.45. The Balaban J connectivity index is 2.93. The van der Waals surface area contributed by atoms with Crippen molar-refractivity contribution in [3.63, 3.8) is 0 Å². The topological polar surface area (TPSA) is 78.9 Å². The van der Waals surface area contributed by atoms with E-state index >= 15 is 0 Å². The summed E-state index contributed by atoms with van der Waals surface area (Å²) >= 11 is 0. The molecule has 0 heterocycles. The van der Waals surface area contributed by atoms with Gasteiger partial charge in [0.2, 0.25) is 0 Å². The predicted molar refractivity (Wildman–Crippen MR) is 84.7 cm³/mol. The van der Waals surface area contributed by atoms with E-state index in [2.05, 4.69) is 19.0 Å². The molecule has 0 radical (unpaired) electrons. The third-order valence-corrected chi connectivity index (χ3v) is 3.11. The molecule has 116 valence electrons. The lowest BCUT2D eigenvalue weighted by atomic mass is 10.1. The van der Waals surface area contributed by atoms with Crippen LogP contribution in [0.1, 0.15) is 41.8 Å². The van der Waals surface area contributed by atoms with Crippen LogP contribution in [0.4, 0.5) is 0 Å². The summed E-state index contributed by atoms with van der Waals surface area (Å²) in [6.45, 7) is 9.17. The van der Waals surface area contributed by atoms with Gasteiger partial charge in [-0.05, 0) is 31.9 Å². The number of carbonyl (C=O) groups excluding carboxylic acids is 1. The highest BCUT2D eigenvalue weighted by molar-refractivity contribution is 5.95. The number of hydrogen-bond donors (Lipinski definition) is 2. The first kappa shape index (κ1) is 17.0. The van der Waals surface area contributed by atoms with Crippen molar-refractivity contribution in [2.24, 2.45) is 16.8 Å². The van der Waals surface area contributed by atoms with E-state index in [4.69, 9.17) is 10.9 Å². The fraction of sp³-hybridized carbons (Fsp3) is 0.500. The summed E-state index contributed by atoms with van der Waals surface area (Å²) in [5.41, 5.74) is 8.33. The third-order valence-electron chi connectivity index (χ3n) is 3.11. The Morgan fingerprint density at radius 1 is 1.29 bits per heavy atom. The van der Waals surface area contributed by atoms with Gasteiger partial charge >= 0.3 is 0 Å². The van der Waals surface area contributed by atoms with E-state index in [0.29, 0.717) is 31.0 Å². The van der Waals surface area contributed by atoms with Crippen LogP contribution in [-0.4, -0.2) is 34.9 Å². The summed E-state index contributed by atoms with van der Waals surface area (Å²) in [6.07, 6.45) is 0.361. The molecule has 1 aromatic rings. The lowest BCUT2D eigenvalue weighted by Crippen LogP contribution is -2.36. The van der Waals surface area contributed by atoms with Crippen LogP contribution in [0.25, 0.3) is 0 Å². The molecule has 0 aliphatic rings. The molecule has 0 bridgehead atoms. The molecule has 0 aliphatic carbocycles. The van der Waals surface area contributed by atoms with Crippen molar-refractivity contribution in [2.75, 3.05) is 13.1 Å². The molecule has 0 aliphatic heterocycles. The zero-order chi connectivity index (χ0) is 16.0. The van der Waals surface area contributed by atoms with Gasteiger partial charge in [-0.1, -0.05) is 36.2 Å². The zero-order valence-electron chi connectivity index (χ0n) is 13.3. The summed E-state index contributed by atoms with van der Waals surface area (Å²) in [4.78, 5) is 14.4. The molecule has 3 N–H and O–H groups in total. The maximum atomic E-state index is 12.7. The predicted octanol–water partition coefficient (Wildman–Crippen LogP) is 2.54. The second kappa shape index (κ2) is 7.67. The number of carbonyl (C=O) groups is 1. The molecule has 0 atom stereocenters. The van der Waals surface area contributed by atoms with Crippen LogP contribution in [0.2, 0.25) is 0 Å². The van der Waals surface area contributed by atoms with Crippen LogP contribution in [0.3, 0.4) is 0 Å². The van der Waals surface area contributed by atoms with Crippen molar-refractivity contribution in [1.29, 1.82) is 0 Å².